The zero-order valence-electron chi connectivity index (χ0n) is 11.5. The number of hydrogen-bond acceptors (Lipinski definition) is 3. The average Bonchev–Trinajstić information content (AvgIpc) is 2.68. The van der Waals surface area contributed by atoms with Gasteiger partial charge in [-0.05, 0) is 24.0 Å². The number of rotatable bonds is 6. The molecule has 2 N–H and O–H groups in total. The van der Waals surface area contributed by atoms with Crippen molar-refractivity contribution >= 4 is 10.0 Å². The summed E-state index contributed by atoms with van der Waals surface area (Å²) < 4.78 is 26.7. The van der Waals surface area contributed by atoms with E-state index in [1.54, 1.807) is 0 Å². The van der Waals surface area contributed by atoms with Crippen molar-refractivity contribution < 1.29 is 8.42 Å². The highest BCUT2D eigenvalue weighted by Gasteiger charge is 2.24. The maximum Gasteiger partial charge on any atom is 0.213 e. The van der Waals surface area contributed by atoms with E-state index in [1.165, 1.54) is 11.1 Å². The van der Waals surface area contributed by atoms with E-state index in [4.69, 9.17) is 0 Å². The summed E-state index contributed by atoms with van der Waals surface area (Å²) in [7, 11) is -3.19. The van der Waals surface area contributed by atoms with Crippen LogP contribution in [0.15, 0.2) is 24.3 Å². The lowest BCUT2D eigenvalue weighted by molar-refractivity contribution is 0.546. The monoisotopic (exact) mass is 282 g/mol. The highest BCUT2D eigenvalue weighted by Crippen LogP contribution is 2.21. The van der Waals surface area contributed by atoms with Gasteiger partial charge in [-0.2, -0.15) is 0 Å². The number of nitrogens with one attached hydrogen (secondary N) is 2. The van der Waals surface area contributed by atoms with Crippen molar-refractivity contribution in [2.24, 2.45) is 0 Å². The summed E-state index contributed by atoms with van der Waals surface area (Å²) in [5.74, 6) is 0.137. The summed E-state index contributed by atoms with van der Waals surface area (Å²) in [5, 5.41) is 3.12. The van der Waals surface area contributed by atoms with Crippen LogP contribution in [0.1, 0.15) is 25.0 Å². The largest absolute Gasteiger partial charge is 0.313 e. The van der Waals surface area contributed by atoms with E-state index < -0.39 is 10.0 Å². The van der Waals surface area contributed by atoms with Crippen molar-refractivity contribution in [1.82, 2.24) is 10.0 Å². The third kappa shape index (κ3) is 4.30. The van der Waals surface area contributed by atoms with Gasteiger partial charge >= 0.3 is 0 Å². The standard InChI is InChI=1S/C14H22N2O2S/c1-11(2)15-7-8-19(17,18)16-14-9-12-5-3-4-6-13(12)10-14/h3-6,11,14-16H,7-10H2,1-2H3. The molecule has 1 aromatic carbocycles. The number of fused-ring (bicyclic) bond motifs is 1. The van der Waals surface area contributed by atoms with E-state index in [0.717, 1.165) is 12.8 Å². The summed E-state index contributed by atoms with van der Waals surface area (Å²) in [6, 6.07) is 8.48. The Labute approximate surface area is 115 Å². The Balaban J connectivity index is 1.86. The van der Waals surface area contributed by atoms with Gasteiger partial charge < -0.3 is 5.32 Å². The molecule has 0 atom stereocenters. The Morgan fingerprint density at radius 2 is 1.79 bits per heavy atom. The molecule has 0 saturated heterocycles. The number of benzene rings is 1. The first-order chi connectivity index (χ1) is 8.96. The fourth-order valence-electron chi connectivity index (χ4n) is 2.44. The van der Waals surface area contributed by atoms with E-state index >= 15 is 0 Å². The molecule has 0 aromatic heterocycles. The van der Waals surface area contributed by atoms with Crippen LogP contribution in [0.4, 0.5) is 0 Å². The Hall–Kier alpha value is -0.910. The van der Waals surface area contributed by atoms with Gasteiger partial charge in [-0.1, -0.05) is 38.1 Å². The smallest absolute Gasteiger partial charge is 0.213 e. The Kier molecular flexibility index (Phi) is 4.60. The summed E-state index contributed by atoms with van der Waals surface area (Å²) in [5.41, 5.74) is 2.52. The molecular formula is C14H22N2O2S. The second-order valence-electron chi connectivity index (χ2n) is 5.42. The first-order valence-corrected chi connectivity index (χ1v) is 8.41. The van der Waals surface area contributed by atoms with Crippen LogP contribution in [-0.2, 0) is 22.9 Å². The number of sulfonamides is 1. The lowest BCUT2D eigenvalue weighted by Gasteiger charge is -2.13. The zero-order valence-corrected chi connectivity index (χ0v) is 12.3. The van der Waals surface area contributed by atoms with Crippen LogP contribution in [0.5, 0.6) is 0 Å². The summed E-state index contributed by atoms with van der Waals surface area (Å²) in [6.45, 7) is 4.51. The van der Waals surface area contributed by atoms with Crippen molar-refractivity contribution in [3.8, 4) is 0 Å². The minimum atomic E-state index is -3.19. The molecule has 19 heavy (non-hydrogen) atoms. The second-order valence-corrected chi connectivity index (χ2v) is 7.29. The molecule has 2 rings (SSSR count). The number of hydrogen-bond donors (Lipinski definition) is 2. The quantitative estimate of drug-likeness (QED) is 0.820. The van der Waals surface area contributed by atoms with Gasteiger partial charge in [-0.3, -0.25) is 0 Å². The lowest BCUT2D eigenvalue weighted by Crippen LogP contribution is -2.40. The fourth-order valence-corrected chi connectivity index (χ4v) is 3.62. The normalized spacial score (nSPS) is 15.9. The molecule has 0 heterocycles. The van der Waals surface area contributed by atoms with Gasteiger partial charge in [0.05, 0.1) is 5.75 Å². The van der Waals surface area contributed by atoms with Crippen LogP contribution < -0.4 is 10.0 Å². The van der Waals surface area contributed by atoms with E-state index in [9.17, 15) is 8.42 Å². The Morgan fingerprint density at radius 1 is 1.21 bits per heavy atom. The molecule has 1 aromatic rings. The minimum absolute atomic E-state index is 0.0152. The van der Waals surface area contributed by atoms with Crippen molar-refractivity contribution in [1.29, 1.82) is 0 Å². The molecule has 0 amide bonds. The van der Waals surface area contributed by atoms with E-state index in [-0.39, 0.29) is 11.8 Å². The van der Waals surface area contributed by atoms with Gasteiger partial charge in [0.15, 0.2) is 0 Å². The van der Waals surface area contributed by atoms with Gasteiger partial charge in [0, 0.05) is 18.6 Å². The predicted octanol–water partition coefficient (Wildman–Crippen LogP) is 1.07. The van der Waals surface area contributed by atoms with Crippen LogP contribution in [0.25, 0.3) is 0 Å². The molecule has 0 aliphatic heterocycles. The van der Waals surface area contributed by atoms with Crippen molar-refractivity contribution in [3.63, 3.8) is 0 Å². The first-order valence-electron chi connectivity index (χ1n) is 6.76. The van der Waals surface area contributed by atoms with E-state index in [2.05, 4.69) is 22.2 Å². The van der Waals surface area contributed by atoms with E-state index in [1.807, 2.05) is 26.0 Å². The van der Waals surface area contributed by atoms with Crippen LogP contribution in [0, 0.1) is 0 Å². The van der Waals surface area contributed by atoms with Crippen LogP contribution in [0.3, 0.4) is 0 Å². The maximum absolute atomic E-state index is 12.0. The third-order valence-electron chi connectivity index (χ3n) is 3.32. The van der Waals surface area contributed by atoms with Gasteiger partial charge in [0.1, 0.15) is 0 Å². The third-order valence-corrected chi connectivity index (χ3v) is 4.75. The highest BCUT2D eigenvalue weighted by molar-refractivity contribution is 7.89. The summed E-state index contributed by atoms with van der Waals surface area (Å²) in [4.78, 5) is 0. The first kappa shape index (κ1) is 14.5. The molecule has 106 valence electrons. The Morgan fingerprint density at radius 3 is 2.32 bits per heavy atom. The maximum atomic E-state index is 12.0. The van der Waals surface area contributed by atoms with Crippen molar-refractivity contribution in [2.45, 2.75) is 38.8 Å². The molecule has 0 unspecified atom stereocenters. The molecule has 1 aliphatic carbocycles. The Bertz CT molecular complexity index is 501. The lowest BCUT2D eigenvalue weighted by atomic mass is 10.1. The van der Waals surface area contributed by atoms with Crippen molar-refractivity contribution in [3.05, 3.63) is 35.4 Å². The highest BCUT2D eigenvalue weighted by atomic mass is 32.2. The van der Waals surface area contributed by atoms with Crippen LogP contribution >= 0.6 is 0 Å². The van der Waals surface area contributed by atoms with Crippen LogP contribution in [0.2, 0.25) is 0 Å². The fraction of sp³-hybridized carbons (Fsp3) is 0.571. The summed E-state index contributed by atoms with van der Waals surface area (Å²) in [6.07, 6.45) is 1.60. The zero-order chi connectivity index (χ0) is 13.9. The van der Waals surface area contributed by atoms with Gasteiger partial charge in [-0.25, -0.2) is 13.1 Å². The molecule has 0 saturated carbocycles. The molecule has 1 aliphatic rings. The topological polar surface area (TPSA) is 58.2 Å². The molecule has 4 nitrogen and oxygen atoms in total. The SMILES string of the molecule is CC(C)NCCS(=O)(=O)NC1Cc2ccccc2C1. The van der Waals surface area contributed by atoms with Gasteiger partial charge in [0.25, 0.3) is 0 Å². The van der Waals surface area contributed by atoms with Crippen LogP contribution in [-0.4, -0.2) is 32.8 Å². The predicted molar refractivity (Wildman–Crippen MR) is 77.7 cm³/mol. The second kappa shape index (κ2) is 6.03. The molecule has 0 radical (unpaired) electrons. The minimum Gasteiger partial charge on any atom is -0.313 e. The average molecular weight is 282 g/mol. The molecule has 5 heteroatoms. The van der Waals surface area contributed by atoms with Crippen molar-refractivity contribution in [2.75, 3.05) is 12.3 Å². The molecular weight excluding hydrogens is 260 g/mol. The molecule has 0 bridgehead atoms. The van der Waals surface area contributed by atoms with Gasteiger partial charge in [0.2, 0.25) is 10.0 Å². The molecule has 0 spiro atoms. The van der Waals surface area contributed by atoms with Gasteiger partial charge in [-0.15, -0.1) is 0 Å². The molecule has 0 fully saturated rings. The summed E-state index contributed by atoms with van der Waals surface area (Å²) >= 11 is 0. The van der Waals surface area contributed by atoms with E-state index in [0.29, 0.717) is 12.6 Å².